The van der Waals surface area contributed by atoms with Crippen LogP contribution in [0.3, 0.4) is 0 Å². The molecule has 2 rings (SSSR count). The Morgan fingerprint density at radius 1 is 0.957 bits per heavy atom. The minimum absolute atomic E-state index is 0.0186. The average Bonchev–Trinajstić information content (AvgIpc) is 2.59. The highest BCUT2D eigenvalue weighted by Crippen LogP contribution is 2.38. The summed E-state index contributed by atoms with van der Waals surface area (Å²) in [6, 6.07) is 9.46. The maximum atomic E-state index is 10.6. The quantitative estimate of drug-likeness (QED) is 0.576. The molecule has 0 atom stereocenters. The molecule has 23 heavy (non-hydrogen) atoms. The third kappa shape index (κ3) is 3.82. The van der Waals surface area contributed by atoms with E-state index >= 15 is 0 Å². The van der Waals surface area contributed by atoms with E-state index in [0.717, 1.165) is 5.56 Å². The summed E-state index contributed by atoms with van der Waals surface area (Å²) in [5.74, 6) is 2.11. The number of ether oxygens (including phenoxy) is 4. The summed E-state index contributed by atoms with van der Waals surface area (Å²) in [6.45, 7) is 0.258. The summed E-state index contributed by atoms with van der Waals surface area (Å²) in [5, 5.41) is 10.6. The molecule has 0 saturated carbocycles. The number of rotatable bonds is 7. The van der Waals surface area contributed by atoms with Gasteiger partial charge in [-0.1, -0.05) is 0 Å². The molecule has 0 radical (unpaired) electrons. The number of hydrogen-bond donors (Lipinski definition) is 0. The number of hydrogen-bond acceptors (Lipinski definition) is 6. The Kier molecular flexibility index (Phi) is 5.24. The summed E-state index contributed by atoms with van der Waals surface area (Å²) in [6.07, 6.45) is 0. The fourth-order valence-electron chi connectivity index (χ4n) is 2.05. The summed E-state index contributed by atoms with van der Waals surface area (Å²) >= 11 is 0. The zero-order valence-corrected chi connectivity index (χ0v) is 13.1. The van der Waals surface area contributed by atoms with Crippen molar-refractivity contribution in [1.29, 1.82) is 0 Å². The predicted molar refractivity (Wildman–Crippen MR) is 83.5 cm³/mol. The Balaban J connectivity index is 2.15. The number of nitrogens with zero attached hydrogens (tertiary/aromatic N) is 1. The molecule has 0 heterocycles. The predicted octanol–water partition coefficient (Wildman–Crippen LogP) is 3.20. The normalized spacial score (nSPS) is 10.0. The monoisotopic (exact) mass is 319 g/mol. The molecule has 2 aromatic rings. The average molecular weight is 319 g/mol. The first-order valence-corrected chi connectivity index (χ1v) is 6.75. The Labute approximate surface area is 133 Å². The molecule has 7 nitrogen and oxygen atoms in total. The van der Waals surface area contributed by atoms with Crippen LogP contribution in [0, 0.1) is 10.1 Å². The SMILES string of the molecule is COc1cc(COc2ccc([N+](=O)[O-])cc2)cc(OC)c1OC. The zero-order chi connectivity index (χ0) is 16.8. The van der Waals surface area contributed by atoms with Gasteiger partial charge in [0.2, 0.25) is 5.75 Å². The van der Waals surface area contributed by atoms with Crippen molar-refractivity contribution in [2.45, 2.75) is 6.61 Å². The van der Waals surface area contributed by atoms with Crippen LogP contribution in [0.25, 0.3) is 0 Å². The van der Waals surface area contributed by atoms with Crippen LogP contribution < -0.4 is 18.9 Å². The molecule has 0 aliphatic heterocycles. The lowest BCUT2D eigenvalue weighted by molar-refractivity contribution is -0.384. The van der Waals surface area contributed by atoms with Gasteiger partial charge in [0.1, 0.15) is 12.4 Å². The van der Waals surface area contributed by atoms with Gasteiger partial charge in [-0.3, -0.25) is 10.1 Å². The van der Waals surface area contributed by atoms with E-state index in [-0.39, 0.29) is 12.3 Å². The van der Waals surface area contributed by atoms with Crippen LogP contribution in [-0.2, 0) is 6.61 Å². The molecular formula is C16H17NO6. The highest BCUT2D eigenvalue weighted by atomic mass is 16.6. The molecule has 0 fully saturated rings. The number of non-ortho nitro benzene ring substituents is 1. The third-order valence-electron chi connectivity index (χ3n) is 3.18. The third-order valence-corrected chi connectivity index (χ3v) is 3.18. The fourth-order valence-corrected chi connectivity index (χ4v) is 2.05. The molecule has 0 aliphatic rings. The Morgan fingerprint density at radius 3 is 1.96 bits per heavy atom. The molecule has 0 bridgehead atoms. The molecule has 0 N–H and O–H groups in total. The summed E-state index contributed by atoms with van der Waals surface area (Å²) in [5.41, 5.74) is 0.836. The highest BCUT2D eigenvalue weighted by Gasteiger charge is 2.13. The second-order valence-electron chi connectivity index (χ2n) is 4.57. The maximum Gasteiger partial charge on any atom is 0.269 e. The lowest BCUT2D eigenvalue weighted by atomic mass is 10.2. The van der Waals surface area contributed by atoms with Gasteiger partial charge in [-0.2, -0.15) is 0 Å². The Morgan fingerprint density at radius 2 is 1.52 bits per heavy atom. The van der Waals surface area contributed by atoms with Crippen LogP contribution in [0.15, 0.2) is 36.4 Å². The van der Waals surface area contributed by atoms with Gasteiger partial charge in [0.05, 0.1) is 26.3 Å². The molecule has 0 aromatic heterocycles. The van der Waals surface area contributed by atoms with Gasteiger partial charge in [-0.25, -0.2) is 0 Å². The van der Waals surface area contributed by atoms with E-state index in [1.54, 1.807) is 24.3 Å². The summed E-state index contributed by atoms with van der Waals surface area (Å²) in [4.78, 5) is 10.2. The number of methoxy groups -OCH3 is 3. The van der Waals surface area contributed by atoms with Gasteiger partial charge in [-0.15, -0.1) is 0 Å². The lowest BCUT2D eigenvalue weighted by Crippen LogP contribution is -2.00. The molecule has 0 spiro atoms. The second kappa shape index (κ2) is 7.35. The first-order chi connectivity index (χ1) is 11.1. The first-order valence-electron chi connectivity index (χ1n) is 6.75. The second-order valence-corrected chi connectivity index (χ2v) is 4.57. The number of nitro groups is 1. The van der Waals surface area contributed by atoms with Gasteiger partial charge in [0, 0.05) is 12.1 Å². The van der Waals surface area contributed by atoms with Crippen LogP contribution in [0.5, 0.6) is 23.0 Å². The van der Waals surface area contributed by atoms with E-state index in [1.165, 1.54) is 33.5 Å². The standard InChI is InChI=1S/C16H17NO6/c1-20-14-8-11(9-15(21-2)16(14)22-3)10-23-13-6-4-12(5-7-13)17(18)19/h4-9H,10H2,1-3H3. The minimum atomic E-state index is -0.455. The molecule has 0 unspecified atom stereocenters. The van der Waals surface area contributed by atoms with E-state index in [9.17, 15) is 10.1 Å². The van der Waals surface area contributed by atoms with Crippen molar-refractivity contribution in [3.8, 4) is 23.0 Å². The van der Waals surface area contributed by atoms with Gasteiger partial charge >= 0.3 is 0 Å². The van der Waals surface area contributed by atoms with Crippen molar-refractivity contribution < 1.29 is 23.9 Å². The van der Waals surface area contributed by atoms with Crippen molar-refractivity contribution >= 4 is 5.69 Å². The van der Waals surface area contributed by atoms with E-state index in [2.05, 4.69) is 0 Å². The van der Waals surface area contributed by atoms with Crippen LogP contribution in [-0.4, -0.2) is 26.3 Å². The molecule has 0 saturated heterocycles. The van der Waals surface area contributed by atoms with Gasteiger partial charge in [0.25, 0.3) is 5.69 Å². The summed E-state index contributed by atoms with van der Waals surface area (Å²) in [7, 11) is 4.62. The molecular weight excluding hydrogens is 302 g/mol. The number of benzene rings is 2. The number of nitro benzene ring substituents is 1. The van der Waals surface area contributed by atoms with Crippen molar-refractivity contribution in [2.75, 3.05) is 21.3 Å². The largest absolute Gasteiger partial charge is 0.493 e. The van der Waals surface area contributed by atoms with Crippen molar-refractivity contribution in [3.63, 3.8) is 0 Å². The molecule has 0 amide bonds. The maximum absolute atomic E-state index is 10.6. The van der Waals surface area contributed by atoms with Gasteiger partial charge in [0.15, 0.2) is 11.5 Å². The molecule has 7 heteroatoms. The van der Waals surface area contributed by atoms with E-state index < -0.39 is 4.92 Å². The minimum Gasteiger partial charge on any atom is -0.493 e. The van der Waals surface area contributed by atoms with Crippen molar-refractivity contribution in [2.24, 2.45) is 0 Å². The van der Waals surface area contributed by atoms with Crippen LogP contribution in [0.1, 0.15) is 5.56 Å². The topological polar surface area (TPSA) is 80.1 Å². The van der Waals surface area contributed by atoms with Crippen molar-refractivity contribution in [1.82, 2.24) is 0 Å². The Hall–Kier alpha value is -2.96. The van der Waals surface area contributed by atoms with Crippen molar-refractivity contribution in [3.05, 3.63) is 52.1 Å². The van der Waals surface area contributed by atoms with E-state index in [0.29, 0.717) is 23.0 Å². The zero-order valence-electron chi connectivity index (χ0n) is 13.1. The van der Waals surface area contributed by atoms with Crippen LogP contribution in [0.2, 0.25) is 0 Å². The smallest absolute Gasteiger partial charge is 0.269 e. The van der Waals surface area contributed by atoms with Crippen LogP contribution in [0.4, 0.5) is 5.69 Å². The van der Waals surface area contributed by atoms with Gasteiger partial charge < -0.3 is 18.9 Å². The first kappa shape index (κ1) is 16.4. The Bertz CT molecular complexity index is 658. The molecule has 122 valence electrons. The molecule has 2 aromatic carbocycles. The fraction of sp³-hybridized carbons (Fsp3) is 0.250. The van der Waals surface area contributed by atoms with Crippen LogP contribution >= 0.6 is 0 Å². The summed E-state index contributed by atoms with van der Waals surface area (Å²) < 4.78 is 21.4. The van der Waals surface area contributed by atoms with Gasteiger partial charge in [-0.05, 0) is 29.8 Å². The van der Waals surface area contributed by atoms with E-state index in [1.807, 2.05) is 0 Å². The lowest BCUT2D eigenvalue weighted by Gasteiger charge is -2.14. The molecule has 0 aliphatic carbocycles. The van der Waals surface area contributed by atoms with E-state index in [4.69, 9.17) is 18.9 Å². The highest BCUT2D eigenvalue weighted by molar-refractivity contribution is 5.53.